The van der Waals surface area contributed by atoms with Crippen molar-refractivity contribution in [2.24, 2.45) is 5.73 Å². The van der Waals surface area contributed by atoms with Crippen LogP contribution >= 0.6 is 0 Å². The number of halogens is 1. The second-order valence-electron chi connectivity index (χ2n) is 5.46. The van der Waals surface area contributed by atoms with Gasteiger partial charge in [0, 0.05) is 22.5 Å². The summed E-state index contributed by atoms with van der Waals surface area (Å²) in [7, 11) is 0. The molecule has 2 nitrogen and oxygen atoms in total. The molecule has 108 valence electrons. The van der Waals surface area contributed by atoms with Gasteiger partial charge < -0.3 is 10.7 Å². The lowest BCUT2D eigenvalue weighted by atomic mass is 9.91. The molecule has 0 aliphatic rings. The van der Waals surface area contributed by atoms with Crippen LogP contribution in [0.2, 0.25) is 0 Å². The predicted molar refractivity (Wildman–Crippen MR) is 84.9 cm³/mol. The first-order valence-corrected chi connectivity index (χ1v) is 7.20. The van der Waals surface area contributed by atoms with Crippen molar-refractivity contribution in [3.8, 4) is 0 Å². The largest absolute Gasteiger partial charge is 0.358 e. The number of benzene rings is 2. The van der Waals surface area contributed by atoms with Crippen molar-refractivity contribution in [1.29, 1.82) is 0 Å². The van der Waals surface area contributed by atoms with Gasteiger partial charge in [-0.2, -0.15) is 0 Å². The molecule has 0 fully saturated rings. The number of para-hydroxylation sites is 1. The topological polar surface area (TPSA) is 41.8 Å². The highest BCUT2D eigenvalue weighted by molar-refractivity contribution is 5.84. The minimum Gasteiger partial charge on any atom is -0.358 e. The number of hydrogen-bond acceptors (Lipinski definition) is 1. The fourth-order valence-corrected chi connectivity index (χ4v) is 2.92. The van der Waals surface area contributed by atoms with Crippen molar-refractivity contribution in [1.82, 2.24) is 4.98 Å². The Balaban J connectivity index is 1.96. The van der Waals surface area contributed by atoms with E-state index in [1.54, 1.807) is 0 Å². The van der Waals surface area contributed by atoms with Gasteiger partial charge in [-0.05, 0) is 49.2 Å². The van der Waals surface area contributed by atoms with Crippen LogP contribution in [0.15, 0.2) is 48.5 Å². The summed E-state index contributed by atoms with van der Waals surface area (Å²) in [5.74, 6) is -0.0127. The summed E-state index contributed by atoms with van der Waals surface area (Å²) >= 11 is 0. The first-order valence-electron chi connectivity index (χ1n) is 7.20. The standard InChI is InChI=1S/C18H19FN2/c1-12-17(16-4-2-3-5-18(16)21-12)10-14(11-20)13-6-8-15(19)9-7-13/h2-9,14,21H,10-11,20H2,1H3. The van der Waals surface area contributed by atoms with Gasteiger partial charge in [-0.1, -0.05) is 30.3 Å². The van der Waals surface area contributed by atoms with E-state index in [9.17, 15) is 4.39 Å². The molecule has 0 aliphatic carbocycles. The first kappa shape index (κ1) is 13.8. The van der Waals surface area contributed by atoms with E-state index in [1.165, 1.54) is 28.8 Å². The van der Waals surface area contributed by atoms with Gasteiger partial charge in [0.15, 0.2) is 0 Å². The van der Waals surface area contributed by atoms with Crippen molar-refractivity contribution in [2.75, 3.05) is 6.54 Å². The Morgan fingerprint density at radius 2 is 1.81 bits per heavy atom. The van der Waals surface area contributed by atoms with Crippen molar-refractivity contribution < 1.29 is 4.39 Å². The zero-order chi connectivity index (χ0) is 14.8. The van der Waals surface area contributed by atoms with E-state index in [0.29, 0.717) is 6.54 Å². The van der Waals surface area contributed by atoms with E-state index in [1.807, 2.05) is 18.2 Å². The van der Waals surface area contributed by atoms with E-state index < -0.39 is 0 Å². The second-order valence-corrected chi connectivity index (χ2v) is 5.46. The average molecular weight is 282 g/mol. The van der Waals surface area contributed by atoms with Crippen molar-refractivity contribution >= 4 is 10.9 Å². The van der Waals surface area contributed by atoms with E-state index in [-0.39, 0.29) is 11.7 Å². The smallest absolute Gasteiger partial charge is 0.123 e. The molecule has 0 aliphatic heterocycles. The van der Waals surface area contributed by atoms with Crippen LogP contribution in [0.4, 0.5) is 4.39 Å². The number of aryl methyl sites for hydroxylation is 1. The van der Waals surface area contributed by atoms with Crippen LogP contribution < -0.4 is 5.73 Å². The van der Waals surface area contributed by atoms with Crippen molar-refractivity contribution in [3.63, 3.8) is 0 Å². The molecule has 0 bridgehead atoms. The van der Waals surface area contributed by atoms with Crippen LogP contribution in [-0.4, -0.2) is 11.5 Å². The van der Waals surface area contributed by atoms with E-state index in [2.05, 4.69) is 30.1 Å². The SMILES string of the molecule is Cc1[nH]c2ccccc2c1CC(CN)c1ccc(F)cc1. The summed E-state index contributed by atoms with van der Waals surface area (Å²) in [5.41, 5.74) is 10.7. The maximum Gasteiger partial charge on any atom is 0.123 e. The van der Waals surface area contributed by atoms with Gasteiger partial charge in [-0.25, -0.2) is 4.39 Å². The van der Waals surface area contributed by atoms with Crippen LogP contribution in [0.5, 0.6) is 0 Å². The Hall–Kier alpha value is -2.13. The molecule has 0 amide bonds. The Bertz CT molecular complexity index is 744. The number of aromatic nitrogens is 1. The Kier molecular flexibility index (Phi) is 3.76. The number of hydrogen-bond donors (Lipinski definition) is 2. The highest BCUT2D eigenvalue weighted by Crippen LogP contribution is 2.28. The van der Waals surface area contributed by atoms with Gasteiger partial charge in [-0.15, -0.1) is 0 Å². The number of fused-ring (bicyclic) bond motifs is 1. The summed E-state index contributed by atoms with van der Waals surface area (Å²) in [6.07, 6.45) is 0.859. The Labute approximate surface area is 123 Å². The zero-order valence-corrected chi connectivity index (χ0v) is 12.1. The molecule has 3 N–H and O–H groups in total. The molecule has 1 unspecified atom stereocenters. The third kappa shape index (κ3) is 2.69. The molecular weight excluding hydrogens is 263 g/mol. The van der Waals surface area contributed by atoms with Crippen molar-refractivity contribution in [3.05, 3.63) is 71.2 Å². The highest BCUT2D eigenvalue weighted by Gasteiger charge is 2.15. The third-order valence-electron chi connectivity index (χ3n) is 4.10. The van der Waals surface area contributed by atoms with Gasteiger partial charge >= 0.3 is 0 Å². The minimum absolute atomic E-state index is 0.198. The van der Waals surface area contributed by atoms with Crippen LogP contribution in [0.25, 0.3) is 10.9 Å². The van der Waals surface area contributed by atoms with Crippen LogP contribution in [0.1, 0.15) is 22.7 Å². The van der Waals surface area contributed by atoms with Crippen molar-refractivity contribution in [2.45, 2.75) is 19.3 Å². The number of nitrogens with one attached hydrogen (secondary N) is 1. The van der Waals surface area contributed by atoms with E-state index >= 15 is 0 Å². The molecule has 0 spiro atoms. The molecule has 21 heavy (non-hydrogen) atoms. The van der Waals surface area contributed by atoms with Crippen LogP contribution in [0.3, 0.4) is 0 Å². The summed E-state index contributed by atoms with van der Waals surface area (Å²) in [6, 6.07) is 15.0. The summed E-state index contributed by atoms with van der Waals surface area (Å²) in [5, 5.41) is 1.25. The molecule has 2 aromatic carbocycles. The minimum atomic E-state index is -0.210. The summed E-state index contributed by atoms with van der Waals surface area (Å²) in [6.45, 7) is 2.64. The summed E-state index contributed by atoms with van der Waals surface area (Å²) in [4.78, 5) is 3.42. The molecule has 3 heteroatoms. The number of aromatic amines is 1. The average Bonchev–Trinajstić information content (AvgIpc) is 2.81. The van der Waals surface area contributed by atoms with Crippen LogP contribution in [-0.2, 0) is 6.42 Å². The maximum absolute atomic E-state index is 13.1. The Morgan fingerprint density at radius 1 is 1.10 bits per heavy atom. The molecule has 0 saturated heterocycles. The highest BCUT2D eigenvalue weighted by atomic mass is 19.1. The second kappa shape index (κ2) is 5.70. The first-order chi connectivity index (χ1) is 10.2. The van der Waals surface area contributed by atoms with Gasteiger partial charge in [0.25, 0.3) is 0 Å². The number of nitrogens with two attached hydrogens (primary N) is 1. The van der Waals surface area contributed by atoms with E-state index in [4.69, 9.17) is 5.73 Å². The quantitative estimate of drug-likeness (QED) is 0.748. The Morgan fingerprint density at radius 3 is 2.52 bits per heavy atom. The maximum atomic E-state index is 13.1. The predicted octanol–water partition coefficient (Wildman–Crippen LogP) is 3.90. The number of H-pyrrole nitrogens is 1. The normalized spacial score (nSPS) is 12.7. The number of rotatable bonds is 4. The van der Waals surface area contributed by atoms with Gasteiger partial charge in [0.1, 0.15) is 5.82 Å². The molecule has 0 radical (unpaired) electrons. The van der Waals surface area contributed by atoms with Gasteiger partial charge in [0.2, 0.25) is 0 Å². The lowest BCUT2D eigenvalue weighted by Crippen LogP contribution is -2.15. The molecule has 1 atom stereocenters. The molecule has 3 rings (SSSR count). The van der Waals surface area contributed by atoms with Gasteiger partial charge in [0.05, 0.1) is 0 Å². The lowest BCUT2D eigenvalue weighted by molar-refractivity contribution is 0.623. The third-order valence-corrected chi connectivity index (χ3v) is 4.10. The molecule has 3 aromatic rings. The zero-order valence-electron chi connectivity index (χ0n) is 12.1. The fraction of sp³-hybridized carbons (Fsp3) is 0.222. The lowest BCUT2D eigenvalue weighted by Gasteiger charge is -2.15. The van der Waals surface area contributed by atoms with Gasteiger partial charge in [-0.3, -0.25) is 0 Å². The molecular formula is C18H19FN2. The van der Waals surface area contributed by atoms with Crippen LogP contribution in [0, 0.1) is 12.7 Å². The molecule has 1 heterocycles. The van der Waals surface area contributed by atoms with E-state index in [0.717, 1.165) is 17.5 Å². The summed E-state index contributed by atoms with van der Waals surface area (Å²) < 4.78 is 13.1. The molecule has 0 saturated carbocycles. The monoisotopic (exact) mass is 282 g/mol. The fourth-order valence-electron chi connectivity index (χ4n) is 2.92. The molecule has 1 aromatic heterocycles.